The molecule has 19 heavy (non-hydrogen) atoms. The zero-order valence-electron chi connectivity index (χ0n) is 11.2. The molecule has 0 bridgehead atoms. The second kappa shape index (κ2) is 5.57. The van der Waals surface area contributed by atoms with Crippen LogP contribution in [-0.2, 0) is 0 Å². The van der Waals surface area contributed by atoms with E-state index in [-0.39, 0.29) is 18.2 Å². The number of aliphatic hydroxyl groups is 1. The summed E-state index contributed by atoms with van der Waals surface area (Å²) in [6.07, 6.45) is 6.10. The summed E-state index contributed by atoms with van der Waals surface area (Å²) in [5.41, 5.74) is 2.27. The molecule has 0 aliphatic heterocycles. The van der Waals surface area contributed by atoms with E-state index in [0.717, 1.165) is 24.8 Å². The van der Waals surface area contributed by atoms with E-state index in [1.54, 1.807) is 11.3 Å². The van der Waals surface area contributed by atoms with Gasteiger partial charge in [0, 0.05) is 18.3 Å². The van der Waals surface area contributed by atoms with Crippen LogP contribution in [0.5, 0.6) is 0 Å². The van der Waals surface area contributed by atoms with E-state index in [1.165, 1.54) is 16.7 Å². The first-order chi connectivity index (χ1) is 9.24. The quantitative estimate of drug-likeness (QED) is 0.904. The number of thiophene rings is 1. The van der Waals surface area contributed by atoms with Crippen LogP contribution in [0.3, 0.4) is 0 Å². The minimum absolute atomic E-state index is 0.199. The van der Waals surface area contributed by atoms with Gasteiger partial charge in [-0.2, -0.15) is 0 Å². The molecule has 0 spiro atoms. The van der Waals surface area contributed by atoms with Crippen LogP contribution in [0.2, 0.25) is 0 Å². The van der Waals surface area contributed by atoms with Gasteiger partial charge in [0.2, 0.25) is 0 Å². The first kappa shape index (κ1) is 13.0. The largest absolute Gasteiger partial charge is 0.392 e. The standard InChI is InChI=1S/C15H20N2OS/c1-10(17-12-4-2-3-5-14(12)18)11-8-15-13(16-9-11)6-7-19-15/h6-10,12,14,17-18H,2-5H2,1H3. The fourth-order valence-electron chi connectivity index (χ4n) is 2.82. The van der Waals surface area contributed by atoms with Crippen LogP contribution >= 0.6 is 11.3 Å². The van der Waals surface area contributed by atoms with Crippen LogP contribution in [0.15, 0.2) is 23.7 Å². The van der Waals surface area contributed by atoms with Crippen LogP contribution in [0.1, 0.15) is 44.2 Å². The number of nitrogens with one attached hydrogen (secondary N) is 1. The summed E-state index contributed by atoms with van der Waals surface area (Å²) in [7, 11) is 0. The third kappa shape index (κ3) is 2.81. The van der Waals surface area contributed by atoms with Crippen LogP contribution in [0.4, 0.5) is 0 Å². The third-order valence-electron chi connectivity index (χ3n) is 4.02. The number of hydrogen-bond acceptors (Lipinski definition) is 4. The predicted octanol–water partition coefficient (Wildman–Crippen LogP) is 3.25. The molecule has 0 radical (unpaired) electrons. The molecule has 3 unspecified atom stereocenters. The molecule has 0 saturated heterocycles. The van der Waals surface area contributed by atoms with E-state index in [4.69, 9.17) is 0 Å². The van der Waals surface area contributed by atoms with Crippen molar-refractivity contribution in [1.82, 2.24) is 10.3 Å². The van der Waals surface area contributed by atoms with Crippen molar-refractivity contribution in [2.75, 3.05) is 0 Å². The number of hydrogen-bond donors (Lipinski definition) is 2. The monoisotopic (exact) mass is 276 g/mol. The van der Waals surface area contributed by atoms with Crippen molar-refractivity contribution >= 4 is 21.6 Å². The van der Waals surface area contributed by atoms with Crippen molar-refractivity contribution in [3.8, 4) is 0 Å². The Bertz CT molecular complexity index is 554. The molecule has 1 saturated carbocycles. The molecule has 1 aliphatic carbocycles. The number of nitrogens with zero attached hydrogens (tertiary/aromatic N) is 1. The molecule has 3 nitrogen and oxygen atoms in total. The molecule has 1 aliphatic rings. The Morgan fingerprint density at radius 2 is 2.26 bits per heavy atom. The molecule has 102 valence electrons. The topological polar surface area (TPSA) is 45.1 Å². The predicted molar refractivity (Wildman–Crippen MR) is 79.4 cm³/mol. The van der Waals surface area contributed by atoms with Crippen molar-refractivity contribution in [2.24, 2.45) is 0 Å². The molecule has 2 N–H and O–H groups in total. The first-order valence-electron chi connectivity index (χ1n) is 7.01. The van der Waals surface area contributed by atoms with E-state index in [9.17, 15) is 5.11 Å². The minimum Gasteiger partial charge on any atom is -0.392 e. The third-order valence-corrected chi connectivity index (χ3v) is 4.87. The summed E-state index contributed by atoms with van der Waals surface area (Å²) in [5, 5.41) is 15.7. The summed E-state index contributed by atoms with van der Waals surface area (Å²) in [6, 6.07) is 4.71. The fourth-order valence-corrected chi connectivity index (χ4v) is 3.61. The molecule has 0 amide bonds. The minimum atomic E-state index is -0.199. The van der Waals surface area contributed by atoms with E-state index in [0.29, 0.717) is 0 Å². The molecule has 0 aromatic carbocycles. The molecule has 3 rings (SSSR count). The smallest absolute Gasteiger partial charge is 0.0809 e. The number of aliphatic hydroxyl groups excluding tert-OH is 1. The Hall–Kier alpha value is -0.970. The van der Waals surface area contributed by atoms with E-state index >= 15 is 0 Å². The number of pyridine rings is 1. The lowest BCUT2D eigenvalue weighted by Gasteiger charge is -2.31. The van der Waals surface area contributed by atoms with Gasteiger partial charge < -0.3 is 10.4 Å². The summed E-state index contributed by atoms with van der Waals surface area (Å²) >= 11 is 1.73. The molecular weight excluding hydrogens is 256 g/mol. The number of aromatic nitrogens is 1. The molecule has 1 fully saturated rings. The molecule has 3 atom stereocenters. The van der Waals surface area contributed by atoms with Crippen molar-refractivity contribution in [1.29, 1.82) is 0 Å². The Labute approximate surface area is 117 Å². The lowest BCUT2D eigenvalue weighted by Crippen LogP contribution is -2.43. The molecular formula is C15H20N2OS. The maximum absolute atomic E-state index is 10.0. The molecule has 2 aromatic heterocycles. The van der Waals surface area contributed by atoms with Gasteiger partial charge in [-0.25, -0.2) is 0 Å². The van der Waals surface area contributed by atoms with Crippen molar-refractivity contribution in [2.45, 2.75) is 50.8 Å². The maximum Gasteiger partial charge on any atom is 0.0809 e. The average Bonchev–Trinajstić information content (AvgIpc) is 2.88. The summed E-state index contributed by atoms with van der Waals surface area (Å²) in [6.45, 7) is 2.15. The highest BCUT2D eigenvalue weighted by molar-refractivity contribution is 7.17. The molecule has 2 aromatic rings. The van der Waals surface area contributed by atoms with Gasteiger partial charge in [0.15, 0.2) is 0 Å². The van der Waals surface area contributed by atoms with E-state index in [2.05, 4.69) is 28.7 Å². The maximum atomic E-state index is 10.0. The van der Waals surface area contributed by atoms with Gasteiger partial charge >= 0.3 is 0 Å². The highest BCUT2D eigenvalue weighted by Crippen LogP contribution is 2.25. The normalized spacial score (nSPS) is 25.6. The van der Waals surface area contributed by atoms with E-state index < -0.39 is 0 Å². The number of rotatable bonds is 3. The molecule has 2 heterocycles. The highest BCUT2D eigenvalue weighted by atomic mass is 32.1. The van der Waals surface area contributed by atoms with Gasteiger partial charge in [0.1, 0.15) is 0 Å². The van der Waals surface area contributed by atoms with Crippen LogP contribution in [0.25, 0.3) is 10.2 Å². The van der Waals surface area contributed by atoms with Crippen LogP contribution in [0, 0.1) is 0 Å². The van der Waals surface area contributed by atoms with Gasteiger partial charge in [-0.15, -0.1) is 11.3 Å². The summed E-state index contributed by atoms with van der Waals surface area (Å²) < 4.78 is 1.23. The fraction of sp³-hybridized carbons (Fsp3) is 0.533. The summed E-state index contributed by atoms with van der Waals surface area (Å²) in [5.74, 6) is 0. The first-order valence-corrected chi connectivity index (χ1v) is 7.89. The Balaban J connectivity index is 1.73. The van der Waals surface area contributed by atoms with E-state index in [1.807, 2.05) is 12.3 Å². The number of fused-ring (bicyclic) bond motifs is 1. The highest BCUT2D eigenvalue weighted by Gasteiger charge is 2.24. The van der Waals surface area contributed by atoms with Gasteiger partial charge in [-0.1, -0.05) is 12.8 Å². The van der Waals surface area contributed by atoms with Crippen LogP contribution in [-0.4, -0.2) is 22.2 Å². The van der Waals surface area contributed by atoms with Gasteiger partial charge in [-0.05, 0) is 42.8 Å². The van der Waals surface area contributed by atoms with Crippen molar-refractivity contribution < 1.29 is 5.11 Å². The lowest BCUT2D eigenvalue weighted by molar-refractivity contribution is 0.0859. The van der Waals surface area contributed by atoms with Crippen molar-refractivity contribution in [3.05, 3.63) is 29.3 Å². The lowest BCUT2D eigenvalue weighted by atomic mass is 9.91. The summed E-state index contributed by atoms with van der Waals surface area (Å²) in [4.78, 5) is 4.48. The SMILES string of the molecule is CC(NC1CCCCC1O)c1cnc2ccsc2c1. The van der Waals surface area contributed by atoms with Crippen molar-refractivity contribution in [3.63, 3.8) is 0 Å². The molecule has 4 heteroatoms. The van der Waals surface area contributed by atoms with Gasteiger partial charge in [-0.3, -0.25) is 4.98 Å². The zero-order valence-corrected chi connectivity index (χ0v) is 12.0. The second-order valence-corrected chi connectivity index (χ2v) is 6.37. The Morgan fingerprint density at radius 1 is 1.42 bits per heavy atom. The average molecular weight is 276 g/mol. The Morgan fingerprint density at radius 3 is 3.11 bits per heavy atom. The zero-order chi connectivity index (χ0) is 13.2. The van der Waals surface area contributed by atoms with Gasteiger partial charge in [0.05, 0.1) is 16.3 Å². The van der Waals surface area contributed by atoms with Gasteiger partial charge in [0.25, 0.3) is 0 Å². The second-order valence-electron chi connectivity index (χ2n) is 5.42. The van der Waals surface area contributed by atoms with Crippen LogP contribution < -0.4 is 5.32 Å². The Kier molecular flexibility index (Phi) is 3.82.